The number of fused-ring (bicyclic) bond motifs is 1. The summed E-state index contributed by atoms with van der Waals surface area (Å²) in [5.74, 6) is 0. The molecule has 0 aliphatic carbocycles. The van der Waals surface area contributed by atoms with Gasteiger partial charge in [0.2, 0.25) is 0 Å². The summed E-state index contributed by atoms with van der Waals surface area (Å²) < 4.78 is 1.25. The second-order valence-electron chi connectivity index (χ2n) is 4.98. The molecule has 0 aliphatic rings. The molecule has 2 aromatic heterocycles. The maximum Gasteiger partial charge on any atom is 0.0809 e. The molecule has 0 spiro atoms. The topological polar surface area (TPSA) is 24.9 Å². The molecule has 0 aliphatic heterocycles. The highest BCUT2D eigenvalue weighted by atomic mass is 32.1. The van der Waals surface area contributed by atoms with Gasteiger partial charge in [-0.05, 0) is 42.1 Å². The second-order valence-corrected chi connectivity index (χ2v) is 5.93. The van der Waals surface area contributed by atoms with Gasteiger partial charge in [0.25, 0.3) is 0 Å². The van der Waals surface area contributed by atoms with Crippen molar-refractivity contribution in [3.8, 4) is 0 Å². The van der Waals surface area contributed by atoms with Crippen LogP contribution in [0.5, 0.6) is 0 Å². The van der Waals surface area contributed by atoms with E-state index in [0.29, 0.717) is 0 Å². The van der Waals surface area contributed by atoms with E-state index in [1.54, 1.807) is 11.3 Å². The fourth-order valence-corrected chi connectivity index (χ4v) is 3.29. The number of aromatic nitrogens is 1. The Morgan fingerprint density at radius 1 is 1.20 bits per heavy atom. The van der Waals surface area contributed by atoms with Gasteiger partial charge in [0, 0.05) is 6.20 Å². The molecule has 20 heavy (non-hydrogen) atoms. The molecule has 3 aromatic rings. The molecule has 0 saturated carbocycles. The summed E-state index contributed by atoms with van der Waals surface area (Å²) >= 11 is 1.75. The van der Waals surface area contributed by atoms with Gasteiger partial charge in [-0.3, -0.25) is 4.98 Å². The predicted octanol–water partition coefficient (Wildman–Crippen LogP) is 4.30. The summed E-state index contributed by atoms with van der Waals surface area (Å²) in [5, 5.41) is 5.66. The van der Waals surface area contributed by atoms with Crippen LogP contribution in [0.4, 0.5) is 0 Å². The molecule has 3 heteroatoms. The van der Waals surface area contributed by atoms with E-state index in [-0.39, 0.29) is 6.04 Å². The van der Waals surface area contributed by atoms with Crippen LogP contribution in [0, 0.1) is 6.92 Å². The highest BCUT2D eigenvalue weighted by Gasteiger charge is 2.14. The molecule has 0 amide bonds. The monoisotopic (exact) mass is 282 g/mol. The van der Waals surface area contributed by atoms with E-state index < -0.39 is 0 Å². The van der Waals surface area contributed by atoms with Crippen LogP contribution in [0.15, 0.2) is 48.0 Å². The van der Waals surface area contributed by atoms with Gasteiger partial charge in [-0.15, -0.1) is 11.3 Å². The minimum atomic E-state index is 0.207. The van der Waals surface area contributed by atoms with E-state index in [9.17, 15) is 0 Å². The summed E-state index contributed by atoms with van der Waals surface area (Å²) in [5.41, 5.74) is 4.89. The molecule has 1 N–H and O–H groups in total. The van der Waals surface area contributed by atoms with Crippen molar-refractivity contribution >= 4 is 21.6 Å². The van der Waals surface area contributed by atoms with Gasteiger partial charge in [0.15, 0.2) is 0 Å². The zero-order valence-corrected chi connectivity index (χ0v) is 12.6. The van der Waals surface area contributed by atoms with Crippen LogP contribution in [0.1, 0.15) is 29.7 Å². The first-order valence-corrected chi connectivity index (χ1v) is 7.79. The third-order valence-electron chi connectivity index (χ3n) is 3.44. The van der Waals surface area contributed by atoms with Gasteiger partial charge in [0.1, 0.15) is 0 Å². The zero-order valence-electron chi connectivity index (χ0n) is 11.8. The first kappa shape index (κ1) is 13.3. The maximum absolute atomic E-state index is 4.56. The van der Waals surface area contributed by atoms with E-state index in [1.165, 1.54) is 21.4 Å². The summed E-state index contributed by atoms with van der Waals surface area (Å²) in [6, 6.07) is 13.2. The lowest BCUT2D eigenvalue weighted by atomic mass is 9.98. The molecule has 1 unspecified atom stereocenters. The predicted molar refractivity (Wildman–Crippen MR) is 86.3 cm³/mol. The minimum absolute atomic E-state index is 0.207. The van der Waals surface area contributed by atoms with Crippen molar-refractivity contribution < 1.29 is 0 Å². The SMILES string of the molecule is CCNC(c1cccc(C)c1)c1cnc2ccsc2c1. The molecule has 2 heterocycles. The van der Waals surface area contributed by atoms with Gasteiger partial charge >= 0.3 is 0 Å². The number of thiophene rings is 1. The van der Waals surface area contributed by atoms with Gasteiger partial charge < -0.3 is 5.32 Å². The fraction of sp³-hybridized carbons (Fsp3) is 0.235. The first-order valence-electron chi connectivity index (χ1n) is 6.91. The number of hydrogen-bond donors (Lipinski definition) is 1. The summed E-state index contributed by atoms with van der Waals surface area (Å²) in [6.07, 6.45) is 1.99. The molecule has 0 saturated heterocycles. The Hall–Kier alpha value is -1.71. The molecule has 1 aromatic carbocycles. The van der Waals surface area contributed by atoms with Gasteiger partial charge in [0.05, 0.1) is 16.3 Å². The second kappa shape index (κ2) is 5.73. The molecule has 2 nitrogen and oxygen atoms in total. The average Bonchev–Trinajstić information content (AvgIpc) is 2.92. The van der Waals surface area contributed by atoms with Crippen molar-refractivity contribution in [3.63, 3.8) is 0 Å². The number of pyridine rings is 1. The maximum atomic E-state index is 4.56. The van der Waals surface area contributed by atoms with Crippen LogP contribution >= 0.6 is 11.3 Å². The standard InChI is InChI=1S/C17H18N2S/c1-3-18-17(13-6-4-5-12(2)9-13)14-10-16-15(19-11-14)7-8-20-16/h4-11,17-18H,3H2,1-2H3. The lowest BCUT2D eigenvalue weighted by Crippen LogP contribution is -2.22. The van der Waals surface area contributed by atoms with Crippen LogP contribution in [-0.2, 0) is 0 Å². The van der Waals surface area contributed by atoms with E-state index in [2.05, 4.69) is 65.9 Å². The van der Waals surface area contributed by atoms with E-state index in [0.717, 1.165) is 12.1 Å². The van der Waals surface area contributed by atoms with Crippen LogP contribution in [-0.4, -0.2) is 11.5 Å². The molecule has 102 valence electrons. The number of aryl methyl sites for hydroxylation is 1. The summed E-state index contributed by atoms with van der Waals surface area (Å²) in [4.78, 5) is 4.56. The van der Waals surface area contributed by atoms with E-state index in [4.69, 9.17) is 0 Å². The Balaban J connectivity index is 2.05. The lowest BCUT2D eigenvalue weighted by molar-refractivity contribution is 0.629. The van der Waals surface area contributed by atoms with Crippen molar-refractivity contribution in [2.45, 2.75) is 19.9 Å². The summed E-state index contributed by atoms with van der Waals surface area (Å²) in [6.45, 7) is 5.20. The highest BCUT2D eigenvalue weighted by Crippen LogP contribution is 2.27. The zero-order chi connectivity index (χ0) is 13.9. The molecule has 1 atom stereocenters. The number of nitrogens with one attached hydrogen (secondary N) is 1. The van der Waals surface area contributed by atoms with Gasteiger partial charge in [-0.25, -0.2) is 0 Å². The third-order valence-corrected chi connectivity index (χ3v) is 4.29. The molecular formula is C17H18N2S. The normalized spacial score (nSPS) is 12.7. The van der Waals surface area contributed by atoms with Crippen molar-refractivity contribution in [2.75, 3.05) is 6.54 Å². The van der Waals surface area contributed by atoms with E-state index >= 15 is 0 Å². The average molecular weight is 282 g/mol. The molecule has 0 fully saturated rings. The fourth-order valence-electron chi connectivity index (χ4n) is 2.50. The Bertz CT molecular complexity index is 718. The largest absolute Gasteiger partial charge is 0.306 e. The molecule has 0 radical (unpaired) electrons. The minimum Gasteiger partial charge on any atom is -0.306 e. The lowest BCUT2D eigenvalue weighted by Gasteiger charge is -2.19. The number of rotatable bonds is 4. The molecule has 3 rings (SSSR count). The number of hydrogen-bond acceptors (Lipinski definition) is 3. The first-order chi connectivity index (χ1) is 9.78. The van der Waals surface area contributed by atoms with Crippen LogP contribution < -0.4 is 5.32 Å². The smallest absolute Gasteiger partial charge is 0.0809 e. The van der Waals surface area contributed by atoms with Crippen molar-refractivity contribution in [1.29, 1.82) is 0 Å². The molecule has 0 bridgehead atoms. The quantitative estimate of drug-likeness (QED) is 0.771. The third kappa shape index (κ3) is 2.60. The van der Waals surface area contributed by atoms with Crippen molar-refractivity contribution in [1.82, 2.24) is 10.3 Å². The molecular weight excluding hydrogens is 264 g/mol. The Morgan fingerprint density at radius 2 is 2.10 bits per heavy atom. The van der Waals surface area contributed by atoms with Crippen LogP contribution in [0.25, 0.3) is 10.2 Å². The van der Waals surface area contributed by atoms with Crippen molar-refractivity contribution in [3.05, 3.63) is 64.7 Å². The Labute approximate surface area is 123 Å². The Kier molecular flexibility index (Phi) is 3.81. The summed E-state index contributed by atoms with van der Waals surface area (Å²) in [7, 11) is 0. The van der Waals surface area contributed by atoms with Gasteiger partial charge in [-0.1, -0.05) is 36.8 Å². The number of nitrogens with zero attached hydrogens (tertiary/aromatic N) is 1. The Morgan fingerprint density at radius 3 is 2.90 bits per heavy atom. The van der Waals surface area contributed by atoms with Crippen molar-refractivity contribution in [2.24, 2.45) is 0 Å². The van der Waals surface area contributed by atoms with Crippen LogP contribution in [0.2, 0.25) is 0 Å². The highest BCUT2D eigenvalue weighted by molar-refractivity contribution is 7.17. The van der Waals surface area contributed by atoms with E-state index in [1.807, 2.05) is 6.20 Å². The van der Waals surface area contributed by atoms with Crippen LogP contribution in [0.3, 0.4) is 0 Å². The number of benzene rings is 1. The van der Waals surface area contributed by atoms with Gasteiger partial charge in [-0.2, -0.15) is 0 Å².